The van der Waals surface area contributed by atoms with Crippen LogP contribution < -0.4 is 5.63 Å². The van der Waals surface area contributed by atoms with Gasteiger partial charge in [-0.05, 0) is 78.2 Å². The van der Waals surface area contributed by atoms with E-state index in [-0.39, 0.29) is 18.0 Å². The van der Waals surface area contributed by atoms with E-state index in [1.54, 1.807) is 0 Å². The summed E-state index contributed by atoms with van der Waals surface area (Å²) >= 11 is 0. The van der Waals surface area contributed by atoms with Crippen molar-refractivity contribution in [3.8, 4) is 0 Å². The van der Waals surface area contributed by atoms with Crippen LogP contribution in [0, 0.1) is 17.3 Å². The van der Waals surface area contributed by atoms with Gasteiger partial charge in [-0.15, -0.1) is 0 Å². The maximum atomic E-state index is 13.8. The standard InChI is InChI=1S/C31H28O4/c32-27-13-23(28-25-9-5-4-6-22(25)10-11-26(28)35-27)18-34-29(33)31-16-20-12-21(17-31)15-30(14-20,19-31)24-7-2-1-3-8-24/h1-11,13,20-21H,12,14-19H2/t20-,21+,30?,31?. The molecule has 0 amide bonds. The summed E-state index contributed by atoms with van der Waals surface area (Å²) in [6, 6.07) is 24.1. The van der Waals surface area contributed by atoms with Gasteiger partial charge in [-0.1, -0.05) is 60.7 Å². The highest BCUT2D eigenvalue weighted by atomic mass is 16.5. The van der Waals surface area contributed by atoms with E-state index in [1.807, 2.05) is 36.4 Å². The Labute approximate surface area is 203 Å². The molecule has 4 aliphatic carbocycles. The van der Waals surface area contributed by atoms with Crippen LogP contribution in [0.3, 0.4) is 0 Å². The first kappa shape index (κ1) is 20.9. The number of benzene rings is 3. The van der Waals surface area contributed by atoms with Crippen molar-refractivity contribution in [2.24, 2.45) is 17.3 Å². The monoisotopic (exact) mass is 464 g/mol. The van der Waals surface area contributed by atoms with Crippen molar-refractivity contribution in [3.63, 3.8) is 0 Å². The molecule has 4 heteroatoms. The molecule has 3 aromatic carbocycles. The number of hydrogen-bond donors (Lipinski definition) is 0. The van der Waals surface area contributed by atoms with E-state index in [4.69, 9.17) is 9.15 Å². The van der Waals surface area contributed by atoms with Crippen molar-refractivity contribution in [2.45, 2.75) is 50.5 Å². The summed E-state index contributed by atoms with van der Waals surface area (Å²) in [4.78, 5) is 26.1. The Bertz CT molecular complexity index is 1500. The summed E-state index contributed by atoms with van der Waals surface area (Å²) in [7, 11) is 0. The maximum Gasteiger partial charge on any atom is 0.336 e. The van der Waals surface area contributed by atoms with Crippen LogP contribution in [0.1, 0.15) is 49.7 Å². The van der Waals surface area contributed by atoms with Crippen molar-refractivity contribution < 1.29 is 13.9 Å². The van der Waals surface area contributed by atoms with E-state index in [0.717, 1.165) is 35.4 Å². The molecule has 4 bridgehead atoms. The highest BCUT2D eigenvalue weighted by molar-refractivity contribution is 6.07. The van der Waals surface area contributed by atoms with E-state index in [1.165, 1.54) is 30.9 Å². The normalized spacial score (nSPS) is 29.0. The summed E-state index contributed by atoms with van der Waals surface area (Å²) in [5.41, 5.74) is 1.86. The molecule has 35 heavy (non-hydrogen) atoms. The molecule has 4 saturated carbocycles. The molecule has 176 valence electrons. The van der Waals surface area contributed by atoms with Gasteiger partial charge in [0.15, 0.2) is 0 Å². The molecule has 4 aliphatic rings. The zero-order valence-electron chi connectivity index (χ0n) is 19.7. The lowest BCUT2D eigenvalue weighted by Gasteiger charge is -2.61. The second kappa shape index (κ2) is 7.55. The van der Waals surface area contributed by atoms with Crippen LogP contribution >= 0.6 is 0 Å². The largest absolute Gasteiger partial charge is 0.460 e. The topological polar surface area (TPSA) is 56.5 Å². The minimum Gasteiger partial charge on any atom is -0.460 e. The third-order valence-corrected chi connectivity index (χ3v) is 8.95. The zero-order chi connectivity index (χ0) is 23.6. The maximum absolute atomic E-state index is 13.8. The summed E-state index contributed by atoms with van der Waals surface area (Å²) < 4.78 is 11.6. The molecule has 4 nitrogen and oxygen atoms in total. The van der Waals surface area contributed by atoms with Gasteiger partial charge < -0.3 is 9.15 Å². The van der Waals surface area contributed by atoms with Gasteiger partial charge >= 0.3 is 11.6 Å². The molecule has 4 aromatic rings. The zero-order valence-corrected chi connectivity index (χ0v) is 19.7. The highest BCUT2D eigenvalue weighted by Gasteiger charge is 2.61. The Hall–Kier alpha value is -3.40. The van der Waals surface area contributed by atoms with E-state index < -0.39 is 11.0 Å². The predicted molar refractivity (Wildman–Crippen MR) is 135 cm³/mol. The van der Waals surface area contributed by atoms with Gasteiger partial charge in [0.05, 0.1) is 5.41 Å². The molecule has 0 spiro atoms. The fourth-order valence-electron chi connectivity index (χ4n) is 8.06. The third kappa shape index (κ3) is 3.26. The van der Waals surface area contributed by atoms with Crippen LogP contribution in [0.4, 0.5) is 0 Å². The first-order chi connectivity index (χ1) is 17.0. The predicted octanol–water partition coefficient (Wildman–Crippen LogP) is 6.53. The van der Waals surface area contributed by atoms with Gasteiger partial charge in [0, 0.05) is 17.0 Å². The SMILES string of the molecule is O=C(OCc1cc(=O)oc2ccc3ccccc3c12)C12C[C@H]3C[C@@H](C1)CC(c1ccccc1)(C3)C2. The second-order valence-electron chi connectivity index (χ2n) is 11.2. The summed E-state index contributed by atoms with van der Waals surface area (Å²) in [6.45, 7) is 0.0877. The Morgan fingerprint density at radius 1 is 0.914 bits per heavy atom. The minimum atomic E-state index is -0.420. The van der Waals surface area contributed by atoms with Crippen molar-refractivity contribution in [3.05, 3.63) is 94.3 Å². The molecule has 8 rings (SSSR count). The number of carbonyl (C=O) groups is 1. The molecule has 0 N–H and O–H groups in total. The van der Waals surface area contributed by atoms with Crippen molar-refractivity contribution in [2.75, 3.05) is 0 Å². The van der Waals surface area contributed by atoms with Gasteiger partial charge in [0.2, 0.25) is 0 Å². The number of esters is 1. The van der Waals surface area contributed by atoms with E-state index in [9.17, 15) is 9.59 Å². The third-order valence-electron chi connectivity index (χ3n) is 8.95. The lowest BCUT2D eigenvalue weighted by Crippen LogP contribution is -2.57. The molecule has 0 saturated heterocycles. The molecule has 0 aliphatic heterocycles. The van der Waals surface area contributed by atoms with Gasteiger partial charge in [0.25, 0.3) is 0 Å². The molecule has 0 radical (unpaired) electrons. The fourth-order valence-corrected chi connectivity index (χ4v) is 8.06. The quantitative estimate of drug-likeness (QED) is 0.196. The number of ether oxygens (including phenoxy) is 1. The van der Waals surface area contributed by atoms with E-state index in [2.05, 4.69) is 30.3 Å². The van der Waals surface area contributed by atoms with Crippen LogP contribution in [-0.4, -0.2) is 5.97 Å². The molecular weight excluding hydrogens is 436 g/mol. The van der Waals surface area contributed by atoms with Crippen molar-refractivity contribution in [1.82, 2.24) is 0 Å². The minimum absolute atomic E-state index is 0.0844. The summed E-state index contributed by atoms with van der Waals surface area (Å²) in [5.74, 6) is 1.07. The Morgan fingerprint density at radius 2 is 1.66 bits per heavy atom. The van der Waals surface area contributed by atoms with Crippen LogP contribution in [0.15, 0.2) is 82.0 Å². The number of hydrogen-bond acceptors (Lipinski definition) is 4. The number of fused-ring (bicyclic) bond motifs is 3. The highest BCUT2D eigenvalue weighted by Crippen LogP contribution is 2.66. The molecule has 2 unspecified atom stereocenters. The van der Waals surface area contributed by atoms with Crippen LogP contribution in [-0.2, 0) is 21.6 Å². The number of rotatable bonds is 4. The molecule has 4 fully saturated rings. The lowest BCUT2D eigenvalue weighted by atomic mass is 9.43. The molecular formula is C31H28O4. The van der Waals surface area contributed by atoms with Crippen LogP contribution in [0.25, 0.3) is 21.7 Å². The summed E-state index contributed by atoms with van der Waals surface area (Å²) in [6.07, 6.45) is 6.32. The molecule has 1 aromatic heterocycles. The Kier molecular flexibility index (Phi) is 4.51. The van der Waals surface area contributed by atoms with Crippen LogP contribution in [0.5, 0.6) is 0 Å². The first-order valence-electron chi connectivity index (χ1n) is 12.7. The number of carbonyl (C=O) groups excluding carboxylic acids is 1. The van der Waals surface area contributed by atoms with Crippen LogP contribution in [0.2, 0.25) is 0 Å². The van der Waals surface area contributed by atoms with Crippen molar-refractivity contribution in [1.29, 1.82) is 0 Å². The summed E-state index contributed by atoms with van der Waals surface area (Å²) in [5, 5.41) is 2.91. The van der Waals surface area contributed by atoms with Crippen molar-refractivity contribution >= 4 is 27.7 Å². The average Bonchev–Trinajstić information content (AvgIpc) is 2.86. The molecule has 1 heterocycles. The van der Waals surface area contributed by atoms with Gasteiger partial charge in [0.1, 0.15) is 12.2 Å². The Morgan fingerprint density at radius 3 is 2.46 bits per heavy atom. The van der Waals surface area contributed by atoms with E-state index in [0.29, 0.717) is 23.0 Å². The lowest BCUT2D eigenvalue weighted by molar-refractivity contribution is -0.175. The van der Waals surface area contributed by atoms with E-state index >= 15 is 0 Å². The fraction of sp³-hybridized carbons (Fsp3) is 0.355. The first-order valence-corrected chi connectivity index (χ1v) is 12.7. The Balaban J connectivity index is 1.22. The van der Waals surface area contributed by atoms with Gasteiger partial charge in [-0.25, -0.2) is 4.79 Å². The average molecular weight is 465 g/mol. The van der Waals surface area contributed by atoms with Gasteiger partial charge in [-0.3, -0.25) is 4.79 Å². The smallest absolute Gasteiger partial charge is 0.336 e. The second-order valence-corrected chi connectivity index (χ2v) is 11.2. The molecule has 4 atom stereocenters. The van der Waals surface area contributed by atoms with Gasteiger partial charge in [-0.2, -0.15) is 0 Å².